The molecule has 0 aliphatic heterocycles. The Morgan fingerprint density at radius 2 is 1.95 bits per heavy atom. The van der Waals surface area contributed by atoms with E-state index in [9.17, 15) is 8.42 Å². The lowest BCUT2D eigenvalue weighted by molar-refractivity contribution is 0.335. The second kappa shape index (κ2) is 8.33. The van der Waals surface area contributed by atoms with Gasteiger partial charge in [-0.05, 0) is 38.1 Å². The SMILES string of the molecule is CCCNCc1cc(S(=O)(=O)NN(C)C)ccc1OCC. The predicted molar refractivity (Wildman–Crippen MR) is 83.6 cm³/mol. The van der Waals surface area contributed by atoms with Crippen molar-refractivity contribution in [1.29, 1.82) is 0 Å². The molecule has 21 heavy (non-hydrogen) atoms. The van der Waals surface area contributed by atoms with E-state index in [1.165, 1.54) is 5.01 Å². The summed E-state index contributed by atoms with van der Waals surface area (Å²) in [7, 11) is -0.282. The normalized spacial score (nSPS) is 11.9. The van der Waals surface area contributed by atoms with E-state index in [1.807, 2.05) is 6.92 Å². The quantitative estimate of drug-likeness (QED) is 0.531. The summed E-state index contributed by atoms with van der Waals surface area (Å²) in [5.41, 5.74) is 0.840. The van der Waals surface area contributed by atoms with Crippen molar-refractivity contribution in [2.75, 3.05) is 27.2 Å². The summed E-state index contributed by atoms with van der Waals surface area (Å²) in [6.07, 6.45) is 1.02. The van der Waals surface area contributed by atoms with E-state index in [2.05, 4.69) is 17.1 Å². The number of sulfonamides is 1. The molecule has 0 saturated heterocycles. The molecule has 1 aromatic carbocycles. The Morgan fingerprint density at radius 1 is 1.24 bits per heavy atom. The molecule has 0 spiro atoms. The minimum atomic E-state index is -3.55. The third-order valence-electron chi connectivity index (χ3n) is 2.69. The topological polar surface area (TPSA) is 70.7 Å². The van der Waals surface area contributed by atoms with E-state index in [-0.39, 0.29) is 4.90 Å². The highest BCUT2D eigenvalue weighted by Crippen LogP contribution is 2.23. The van der Waals surface area contributed by atoms with Crippen molar-refractivity contribution in [2.24, 2.45) is 0 Å². The van der Waals surface area contributed by atoms with Crippen LogP contribution in [0.1, 0.15) is 25.8 Å². The van der Waals surface area contributed by atoms with Gasteiger partial charge in [-0.2, -0.15) is 0 Å². The summed E-state index contributed by atoms with van der Waals surface area (Å²) in [6, 6.07) is 4.91. The van der Waals surface area contributed by atoms with Gasteiger partial charge < -0.3 is 10.1 Å². The Hall–Kier alpha value is -1.15. The van der Waals surface area contributed by atoms with Gasteiger partial charge in [0.15, 0.2) is 0 Å². The second-order valence-electron chi connectivity index (χ2n) is 4.87. The molecule has 6 nitrogen and oxygen atoms in total. The molecule has 0 atom stereocenters. The first-order valence-electron chi connectivity index (χ1n) is 7.07. The highest BCUT2D eigenvalue weighted by molar-refractivity contribution is 7.89. The summed E-state index contributed by atoms with van der Waals surface area (Å²) < 4.78 is 29.9. The number of rotatable bonds is 9. The average Bonchev–Trinajstić information content (AvgIpc) is 2.39. The molecule has 0 saturated carbocycles. The summed E-state index contributed by atoms with van der Waals surface area (Å²) in [4.78, 5) is 2.66. The first-order chi connectivity index (χ1) is 9.90. The van der Waals surface area contributed by atoms with Crippen molar-refractivity contribution in [3.8, 4) is 5.75 Å². The third kappa shape index (κ3) is 5.62. The Bertz CT molecular complexity index is 544. The fraction of sp³-hybridized carbons (Fsp3) is 0.571. The predicted octanol–water partition coefficient (Wildman–Crippen LogP) is 1.34. The molecule has 0 bridgehead atoms. The number of ether oxygens (including phenoxy) is 1. The average molecular weight is 315 g/mol. The minimum absolute atomic E-state index is 0.230. The van der Waals surface area contributed by atoms with Crippen LogP contribution in [0.25, 0.3) is 0 Å². The largest absolute Gasteiger partial charge is 0.494 e. The maximum Gasteiger partial charge on any atom is 0.253 e. The zero-order valence-corrected chi connectivity index (χ0v) is 14.0. The van der Waals surface area contributed by atoms with Gasteiger partial charge in [-0.1, -0.05) is 6.92 Å². The van der Waals surface area contributed by atoms with Crippen molar-refractivity contribution in [1.82, 2.24) is 15.2 Å². The van der Waals surface area contributed by atoms with E-state index in [0.717, 1.165) is 18.5 Å². The van der Waals surface area contributed by atoms with Gasteiger partial charge in [0.05, 0.1) is 11.5 Å². The van der Waals surface area contributed by atoms with Crippen molar-refractivity contribution >= 4 is 10.0 Å². The van der Waals surface area contributed by atoms with Crippen molar-refractivity contribution in [2.45, 2.75) is 31.7 Å². The number of hydrogen-bond donors (Lipinski definition) is 2. The van der Waals surface area contributed by atoms with Crippen LogP contribution in [0, 0.1) is 0 Å². The molecule has 0 fully saturated rings. The summed E-state index contributed by atoms with van der Waals surface area (Å²) in [5, 5.41) is 4.67. The smallest absolute Gasteiger partial charge is 0.253 e. The van der Waals surface area contributed by atoms with Crippen LogP contribution in [0.5, 0.6) is 5.75 Å². The molecule has 0 aliphatic rings. The van der Waals surface area contributed by atoms with Crippen LogP contribution in [-0.4, -0.2) is 40.7 Å². The molecule has 0 aromatic heterocycles. The van der Waals surface area contributed by atoms with Gasteiger partial charge in [-0.25, -0.2) is 13.4 Å². The van der Waals surface area contributed by atoms with E-state index >= 15 is 0 Å². The fourth-order valence-electron chi connectivity index (χ4n) is 1.85. The maximum atomic E-state index is 12.2. The van der Waals surface area contributed by atoms with Gasteiger partial charge in [0.1, 0.15) is 5.75 Å². The third-order valence-corrected chi connectivity index (χ3v) is 4.17. The molecular weight excluding hydrogens is 290 g/mol. The Morgan fingerprint density at radius 3 is 2.52 bits per heavy atom. The Kier molecular flexibility index (Phi) is 7.10. The van der Waals surface area contributed by atoms with Gasteiger partial charge >= 0.3 is 0 Å². The van der Waals surface area contributed by atoms with Crippen LogP contribution < -0.4 is 14.9 Å². The number of nitrogens with zero attached hydrogens (tertiary/aromatic N) is 1. The van der Waals surface area contributed by atoms with Crippen molar-refractivity contribution in [3.63, 3.8) is 0 Å². The lowest BCUT2D eigenvalue weighted by Gasteiger charge is -2.15. The summed E-state index contributed by atoms with van der Waals surface area (Å²) in [6.45, 7) is 5.98. The van der Waals surface area contributed by atoms with Gasteiger partial charge in [0.2, 0.25) is 0 Å². The molecule has 0 unspecified atom stereocenters. The van der Waals surface area contributed by atoms with E-state index < -0.39 is 10.0 Å². The molecule has 1 rings (SSSR count). The summed E-state index contributed by atoms with van der Waals surface area (Å²) >= 11 is 0. The Labute approximate surface area is 127 Å². The van der Waals surface area contributed by atoms with E-state index in [4.69, 9.17) is 4.74 Å². The van der Waals surface area contributed by atoms with Crippen molar-refractivity contribution < 1.29 is 13.2 Å². The fourth-order valence-corrected chi connectivity index (χ4v) is 2.98. The van der Waals surface area contributed by atoms with E-state index in [0.29, 0.717) is 18.9 Å². The zero-order chi connectivity index (χ0) is 15.9. The van der Waals surface area contributed by atoms with Crippen LogP contribution in [0.3, 0.4) is 0 Å². The molecular formula is C14H25N3O3S. The monoisotopic (exact) mass is 315 g/mol. The first kappa shape index (κ1) is 17.9. The highest BCUT2D eigenvalue weighted by atomic mass is 32.2. The van der Waals surface area contributed by atoms with Gasteiger partial charge in [0, 0.05) is 26.2 Å². The lowest BCUT2D eigenvalue weighted by Crippen LogP contribution is -2.36. The van der Waals surface area contributed by atoms with Crippen molar-refractivity contribution in [3.05, 3.63) is 23.8 Å². The van der Waals surface area contributed by atoms with Gasteiger partial charge in [0.25, 0.3) is 10.0 Å². The lowest BCUT2D eigenvalue weighted by atomic mass is 10.2. The highest BCUT2D eigenvalue weighted by Gasteiger charge is 2.17. The van der Waals surface area contributed by atoms with Crippen LogP contribution in [0.4, 0.5) is 0 Å². The molecule has 0 aliphatic carbocycles. The number of hydrazine groups is 1. The molecule has 0 amide bonds. The zero-order valence-electron chi connectivity index (χ0n) is 13.1. The Balaban J connectivity index is 3.05. The second-order valence-corrected chi connectivity index (χ2v) is 6.53. The molecule has 1 aromatic rings. The van der Waals surface area contributed by atoms with Crippen LogP contribution >= 0.6 is 0 Å². The van der Waals surface area contributed by atoms with Crippen LogP contribution in [0.2, 0.25) is 0 Å². The minimum Gasteiger partial charge on any atom is -0.494 e. The molecule has 120 valence electrons. The van der Waals surface area contributed by atoms with Crippen LogP contribution in [0.15, 0.2) is 23.1 Å². The number of hydrogen-bond acceptors (Lipinski definition) is 5. The molecule has 7 heteroatoms. The van der Waals surface area contributed by atoms with Crippen LogP contribution in [-0.2, 0) is 16.6 Å². The molecule has 0 heterocycles. The first-order valence-corrected chi connectivity index (χ1v) is 8.55. The summed E-state index contributed by atoms with van der Waals surface area (Å²) in [5.74, 6) is 0.713. The molecule has 2 N–H and O–H groups in total. The maximum absolute atomic E-state index is 12.2. The van der Waals surface area contributed by atoms with E-state index in [1.54, 1.807) is 32.3 Å². The number of nitrogens with one attached hydrogen (secondary N) is 2. The molecule has 0 radical (unpaired) electrons. The van der Waals surface area contributed by atoms with Gasteiger partial charge in [-0.15, -0.1) is 4.83 Å². The number of benzene rings is 1. The standard InChI is InChI=1S/C14H25N3O3S/c1-5-9-15-11-12-10-13(7-8-14(12)20-6-2)21(18,19)16-17(3)4/h7-8,10,15-16H,5-6,9,11H2,1-4H3. The van der Waals surface area contributed by atoms with Gasteiger partial charge in [-0.3, -0.25) is 0 Å².